The first-order chi connectivity index (χ1) is 21.6. The van der Waals surface area contributed by atoms with E-state index in [0.717, 1.165) is 26.2 Å². The van der Waals surface area contributed by atoms with Crippen LogP contribution < -0.4 is 16.0 Å². The van der Waals surface area contributed by atoms with Crippen molar-refractivity contribution in [2.45, 2.75) is 63.0 Å². The zero-order chi connectivity index (χ0) is 31.8. The van der Waals surface area contributed by atoms with Gasteiger partial charge in [-0.25, -0.2) is 9.48 Å². The number of nitrogens with one attached hydrogen (secondary N) is 3. The lowest BCUT2D eigenvalue weighted by molar-refractivity contribution is -0.158. The predicted octanol–water partition coefficient (Wildman–Crippen LogP) is -1.92. The first-order valence-electron chi connectivity index (χ1n) is 15.6. The van der Waals surface area contributed by atoms with Crippen LogP contribution in [-0.2, 0) is 30.5 Å². The van der Waals surface area contributed by atoms with Crippen LogP contribution in [0, 0.1) is 17.8 Å². The van der Waals surface area contributed by atoms with Gasteiger partial charge in [-0.2, -0.15) is 0 Å². The third kappa shape index (κ3) is 6.16. The maximum Gasteiger partial charge on any atom is 0.353 e. The average molecular weight is 645 g/mol. The van der Waals surface area contributed by atoms with Crippen molar-refractivity contribution in [3.63, 3.8) is 0 Å². The Labute approximate surface area is 264 Å². The maximum atomic E-state index is 13.4. The Morgan fingerprint density at radius 3 is 2.49 bits per heavy atom. The molecule has 4 amide bonds. The number of carboxylic acids is 1. The summed E-state index contributed by atoms with van der Waals surface area (Å²) >= 11 is 1.43. The van der Waals surface area contributed by atoms with Gasteiger partial charge in [-0.3, -0.25) is 19.2 Å². The SMILES string of the molecule is C[C@@H](NC(=O)Cn1cnnn1)[C@H]1C(=O)N2C(C(=O)O)=C(S[C@@H]3CN[C@H](C(=O)N4CCC(C(=O)N5CCNCC5)CC4)C3)[C@H](C)[C@H]12. The number of nitrogens with zero attached hydrogens (tertiary/aromatic N) is 7. The molecule has 0 unspecified atom stereocenters. The zero-order valence-corrected chi connectivity index (χ0v) is 26.2. The van der Waals surface area contributed by atoms with Crippen molar-refractivity contribution in [2.75, 3.05) is 45.8 Å². The van der Waals surface area contributed by atoms with Crippen LogP contribution in [0.1, 0.15) is 33.1 Å². The minimum atomic E-state index is -1.16. The molecule has 4 fully saturated rings. The second kappa shape index (κ2) is 13.0. The van der Waals surface area contributed by atoms with Gasteiger partial charge >= 0.3 is 5.97 Å². The van der Waals surface area contributed by atoms with Crippen molar-refractivity contribution in [2.24, 2.45) is 17.8 Å². The summed E-state index contributed by atoms with van der Waals surface area (Å²) in [5.41, 5.74) is -0.00281. The van der Waals surface area contributed by atoms with E-state index in [-0.39, 0.29) is 65.0 Å². The minimum Gasteiger partial charge on any atom is -0.477 e. The van der Waals surface area contributed by atoms with Crippen LogP contribution in [0.4, 0.5) is 0 Å². The van der Waals surface area contributed by atoms with E-state index in [1.54, 1.807) is 6.92 Å². The van der Waals surface area contributed by atoms with Crippen LogP contribution in [0.5, 0.6) is 0 Å². The van der Waals surface area contributed by atoms with Gasteiger partial charge in [0.05, 0.1) is 18.0 Å². The number of piperidine rings is 1. The molecule has 0 radical (unpaired) electrons. The number of tetrazole rings is 1. The Morgan fingerprint density at radius 1 is 1.11 bits per heavy atom. The van der Waals surface area contributed by atoms with Crippen LogP contribution >= 0.6 is 11.8 Å². The summed E-state index contributed by atoms with van der Waals surface area (Å²) in [4.78, 5) is 70.2. The molecule has 4 saturated heterocycles. The number of carbonyl (C=O) groups is 5. The molecule has 1 aromatic rings. The van der Waals surface area contributed by atoms with E-state index in [0.29, 0.717) is 43.8 Å². The van der Waals surface area contributed by atoms with Crippen LogP contribution in [0.3, 0.4) is 0 Å². The van der Waals surface area contributed by atoms with Crippen molar-refractivity contribution < 1.29 is 29.1 Å². The second-order valence-electron chi connectivity index (χ2n) is 12.5. The summed E-state index contributed by atoms with van der Waals surface area (Å²) in [5, 5.41) is 30.2. The van der Waals surface area contributed by atoms with Crippen molar-refractivity contribution in [3.05, 3.63) is 16.9 Å². The third-order valence-corrected chi connectivity index (χ3v) is 11.2. The smallest absolute Gasteiger partial charge is 0.353 e. The first kappa shape index (κ1) is 31.4. The number of piperazine rings is 1. The molecule has 45 heavy (non-hydrogen) atoms. The fourth-order valence-electron chi connectivity index (χ4n) is 7.36. The molecule has 17 heteroatoms. The van der Waals surface area contributed by atoms with Crippen LogP contribution in [0.25, 0.3) is 0 Å². The quantitative estimate of drug-likeness (QED) is 0.218. The van der Waals surface area contributed by atoms with Crippen LogP contribution in [0.15, 0.2) is 16.9 Å². The van der Waals surface area contributed by atoms with Gasteiger partial charge in [-0.1, -0.05) is 6.92 Å². The standard InChI is InChI=1S/C28H40N10O6S/c1-15-22-21(16(2)32-20(39)13-37-14-31-33-34-37)27(42)38(22)23(28(43)44)24(15)45-18-11-19(30-12-18)26(41)35-7-3-17(4-8-35)25(40)36-9-5-29-6-10-36/h14-19,21-22,29-30H,3-13H2,1-2H3,(H,32,39)(H,43,44)/t15-,16-,18+,19+,21-,22-/m1/s1. The van der Waals surface area contributed by atoms with E-state index in [9.17, 15) is 29.1 Å². The summed E-state index contributed by atoms with van der Waals surface area (Å²) in [7, 11) is 0. The molecule has 1 aromatic heterocycles. The second-order valence-corrected chi connectivity index (χ2v) is 13.8. The van der Waals surface area contributed by atoms with E-state index in [1.165, 1.54) is 27.7 Å². The molecular formula is C28H40N10O6S. The van der Waals surface area contributed by atoms with Gasteiger partial charge in [-0.15, -0.1) is 16.9 Å². The number of fused-ring (bicyclic) bond motifs is 1. The molecule has 6 atom stereocenters. The molecule has 0 aliphatic carbocycles. The minimum absolute atomic E-state index is 0.00281. The Bertz CT molecular complexity index is 1360. The Balaban J connectivity index is 1.03. The van der Waals surface area contributed by atoms with Crippen molar-refractivity contribution in [1.82, 2.24) is 50.9 Å². The van der Waals surface area contributed by atoms with Gasteiger partial charge in [0.2, 0.25) is 23.6 Å². The number of likely N-dealkylation sites (tertiary alicyclic amines) is 1. The van der Waals surface area contributed by atoms with E-state index in [1.807, 2.05) is 16.7 Å². The van der Waals surface area contributed by atoms with Gasteiger partial charge in [0.25, 0.3) is 0 Å². The number of carbonyl (C=O) groups excluding carboxylic acids is 4. The number of amides is 4. The molecule has 4 N–H and O–H groups in total. The molecule has 0 bridgehead atoms. The summed E-state index contributed by atoms with van der Waals surface area (Å²) in [6.45, 7) is 8.29. The highest BCUT2D eigenvalue weighted by Crippen LogP contribution is 2.52. The number of thioether (sulfide) groups is 1. The molecule has 0 aromatic carbocycles. The fourth-order valence-corrected chi connectivity index (χ4v) is 8.84. The summed E-state index contributed by atoms with van der Waals surface area (Å²) in [6.07, 6.45) is 3.18. The summed E-state index contributed by atoms with van der Waals surface area (Å²) in [6, 6.07) is -1.28. The lowest BCUT2D eigenvalue weighted by Gasteiger charge is -2.47. The van der Waals surface area contributed by atoms with Crippen LogP contribution in [-0.4, -0.2) is 139 Å². The van der Waals surface area contributed by atoms with Gasteiger partial charge in [0.15, 0.2) is 0 Å². The van der Waals surface area contributed by atoms with Crippen molar-refractivity contribution >= 4 is 41.4 Å². The molecule has 0 saturated carbocycles. The largest absolute Gasteiger partial charge is 0.477 e. The first-order valence-corrected chi connectivity index (χ1v) is 16.5. The lowest BCUT2D eigenvalue weighted by Crippen LogP contribution is -2.66. The maximum absolute atomic E-state index is 13.4. The molecule has 6 rings (SSSR count). The molecule has 16 nitrogen and oxygen atoms in total. The number of β-lactam (4-membered cyclic amide) rings is 1. The van der Waals surface area contributed by atoms with Crippen molar-refractivity contribution in [1.29, 1.82) is 0 Å². The fraction of sp³-hybridized carbons (Fsp3) is 0.714. The summed E-state index contributed by atoms with van der Waals surface area (Å²) in [5.74, 6) is -2.49. The number of aromatic nitrogens is 4. The Morgan fingerprint density at radius 2 is 1.82 bits per heavy atom. The van der Waals surface area contributed by atoms with Gasteiger partial charge in [0.1, 0.15) is 18.6 Å². The molecular weight excluding hydrogens is 604 g/mol. The van der Waals surface area contributed by atoms with E-state index in [2.05, 4.69) is 31.5 Å². The number of aliphatic carboxylic acids is 1. The molecule has 5 aliphatic heterocycles. The number of rotatable bonds is 9. The highest BCUT2D eigenvalue weighted by molar-refractivity contribution is 8.03. The van der Waals surface area contributed by atoms with E-state index >= 15 is 0 Å². The highest BCUT2D eigenvalue weighted by Gasteiger charge is 2.60. The molecule has 6 heterocycles. The number of carboxylic acid groups (broad SMARTS) is 1. The van der Waals surface area contributed by atoms with E-state index < -0.39 is 17.9 Å². The summed E-state index contributed by atoms with van der Waals surface area (Å²) < 4.78 is 1.28. The average Bonchev–Trinajstić information content (AvgIpc) is 3.77. The number of hydrogen-bond donors (Lipinski definition) is 4. The van der Waals surface area contributed by atoms with E-state index in [4.69, 9.17) is 0 Å². The Kier molecular flexibility index (Phi) is 9.10. The number of hydrogen-bond acceptors (Lipinski definition) is 11. The zero-order valence-electron chi connectivity index (χ0n) is 25.4. The lowest BCUT2D eigenvalue weighted by atomic mass is 9.78. The van der Waals surface area contributed by atoms with Gasteiger partial charge in [-0.05, 0) is 36.6 Å². The third-order valence-electron chi connectivity index (χ3n) is 9.68. The molecule has 5 aliphatic rings. The monoisotopic (exact) mass is 644 g/mol. The van der Waals surface area contributed by atoms with Crippen LogP contribution in [0.2, 0.25) is 0 Å². The molecule has 0 spiro atoms. The van der Waals surface area contributed by atoms with Gasteiger partial charge in [0, 0.05) is 73.8 Å². The predicted molar refractivity (Wildman–Crippen MR) is 160 cm³/mol. The van der Waals surface area contributed by atoms with Crippen molar-refractivity contribution in [3.8, 4) is 0 Å². The normalized spacial score (nSPS) is 29.4. The Hall–Kier alpha value is -3.57. The topological polar surface area (TPSA) is 195 Å². The van der Waals surface area contributed by atoms with Gasteiger partial charge < -0.3 is 35.8 Å². The molecule has 244 valence electrons. The highest BCUT2D eigenvalue weighted by atomic mass is 32.2.